The number of para-hydroxylation sites is 1. The molecule has 0 radical (unpaired) electrons. The molecular weight excluding hydrogens is 330 g/mol. The largest absolute Gasteiger partial charge is 0.431 e. The minimum atomic E-state index is -0.399. The lowest BCUT2D eigenvalue weighted by molar-refractivity contribution is -0.117. The minimum Gasteiger partial charge on any atom is -0.431 e. The van der Waals surface area contributed by atoms with E-state index >= 15 is 0 Å². The molecule has 26 heavy (non-hydrogen) atoms. The second kappa shape index (κ2) is 6.84. The molecule has 0 unspecified atom stereocenters. The fourth-order valence-corrected chi connectivity index (χ4v) is 2.64. The smallest absolute Gasteiger partial charge is 0.302 e. The summed E-state index contributed by atoms with van der Waals surface area (Å²) in [6.07, 6.45) is 3.01. The van der Waals surface area contributed by atoms with E-state index in [2.05, 4.69) is 15.6 Å². The number of carbonyl (C=O) groups excluding carboxylic acids is 2. The minimum absolute atomic E-state index is 0.0388. The van der Waals surface area contributed by atoms with Crippen LogP contribution in [0.1, 0.15) is 23.3 Å². The molecule has 1 heterocycles. The van der Waals surface area contributed by atoms with Gasteiger partial charge in [-0.1, -0.05) is 48.5 Å². The number of anilines is 2. The highest BCUT2D eigenvalue weighted by Crippen LogP contribution is 2.30. The molecule has 2 amide bonds. The number of hydrogen-bond acceptors (Lipinski definition) is 4. The van der Waals surface area contributed by atoms with Crippen LogP contribution in [0.2, 0.25) is 0 Å². The summed E-state index contributed by atoms with van der Waals surface area (Å²) >= 11 is 0. The maximum atomic E-state index is 12.5. The third-order valence-corrected chi connectivity index (χ3v) is 4.18. The van der Waals surface area contributed by atoms with Gasteiger partial charge in [0, 0.05) is 17.2 Å². The van der Waals surface area contributed by atoms with E-state index in [0.29, 0.717) is 5.69 Å². The molecule has 0 spiro atoms. The summed E-state index contributed by atoms with van der Waals surface area (Å²) in [5.41, 5.74) is 2.70. The Balaban J connectivity index is 1.50. The van der Waals surface area contributed by atoms with Gasteiger partial charge in [-0.2, -0.15) is 4.98 Å². The van der Waals surface area contributed by atoms with E-state index in [9.17, 15) is 9.59 Å². The molecule has 0 atom stereocenters. The van der Waals surface area contributed by atoms with Gasteiger partial charge in [0.25, 0.3) is 5.91 Å². The number of rotatable bonds is 5. The van der Waals surface area contributed by atoms with E-state index in [1.165, 1.54) is 6.26 Å². The molecule has 6 nitrogen and oxygen atoms in total. The first-order chi connectivity index (χ1) is 12.7. The normalized spacial score (nSPS) is 13.2. The lowest BCUT2D eigenvalue weighted by Gasteiger charge is -2.10. The third kappa shape index (κ3) is 3.49. The van der Waals surface area contributed by atoms with Gasteiger partial charge < -0.3 is 9.73 Å². The van der Waals surface area contributed by atoms with Gasteiger partial charge in [0.2, 0.25) is 5.91 Å². The van der Waals surface area contributed by atoms with Crippen molar-refractivity contribution in [2.24, 2.45) is 5.92 Å². The second-order valence-corrected chi connectivity index (χ2v) is 6.17. The van der Waals surface area contributed by atoms with Crippen molar-refractivity contribution in [1.29, 1.82) is 0 Å². The van der Waals surface area contributed by atoms with Gasteiger partial charge in [0.15, 0.2) is 5.69 Å². The van der Waals surface area contributed by atoms with E-state index in [1.54, 1.807) is 0 Å². The van der Waals surface area contributed by atoms with Crippen molar-refractivity contribution in [3.8, 4) is 11.1 Å². The van der Waals surface area contributed by atoms with Crippen molar-refractivity contribution in [3.63, 3.8) is 0 Å². The number of carbonyl (C=O) groups is 2. The average Bonchev–Trinajstić information content (AvgIpc) is 3.42. The highest BCUT2D eigenvalue weighted by Gasteiger charge is 2.30. The number of amides is 2. The predicted octanol–water partition coefficient (Wildman–Crippen LogP) is 3.94. The van der Waals surface area contributed by atoms with E-state index in [4.69, 9.17) is 4.42 Å². The fourth-order valence-electron chi connectivity index (χ4n) is 2.64. The monoisotopic (exact) mass is 347 g/mol. The van der Waals surface area contributed by atoms with E-state index in [1.807, 2.05) is 54.6 Å². The highest BCUT2D eigenvalue weighted by molar-refractivity contribution is 6.05. The van der Waals surface area contributed by atoms with Crippen LogP contribution in [-0.4, -0.2) is 16.8 Å². The summed E-state index contributed by atoms with van der Waals surface area (Å²) in [5.74, 6) is -0.478. The van der Waals surface area contributed by atoms with Crippen LogP contribution in [0.4, 0.5) is 11.7 Å². The summed E-state index contributed by atoms with van der Waals surface area (Å²) in [6, 6.07) is 17.4. The molecule has 1 aromatic heterocycles. The Hall–Kier alpha value is -3.41. The summed E-state index contributed by atoms with van der Waals surface area (Å²) in [5, 5.41) is 5.44. The van der Waals surface area contributed by atoms with Crippen LogP contribution in [0, 0.1) is 5.92 Å². The Morgan fingerprint density at radius 2 is 1.69 bits per heavy atom. The van der Waals surface area contributed by atoms with Gasteiger partial charge in [0.1, 0.15) is 6.26 Å². The van der Waals surface area contributed by atoms with Crippen molar-refractivity contribution in [3.05, 3.63) is 66.6 Å². The van der Waals surface area contributed by atoms with Crippen molar-refractivity contribution in [2.75, 3.05) is 10.6 Å². The average molecular weight is 347 g/mol. The van der Waals surface area contributed by atoms with Crippen LogP contribution in [0.3, 0.4) is 0 Å². The second-order valence-electron chi connectivity index (χ2n) is 6.17. The summed E-state index contributed by atoms with van der Waals surface area (Å²) < 4.78 is 5.18. The van der Waals surface area contributed by atoms with Crippen LogP contribution in [-0.2, 0) is 4.79 Å². The quantitative estimate of drug-likeness (QED) is 0.732. The third-order valence-electron chi connectivity index (χ3n) is 4.18. The van der Waals surface area contributed by atoms with Gasteiger partial charge >= 0.3 is 6.01 Å². The number of oxazole rings is 1. The summed E-state index contributed by atoms with van der Waals surface area (Å²) in [4.78, 5) is 28.3. The number of hydrogen-bond donors (Lipinski definition) is 2. The zero-order valence-corrected chi connectivity index (χ0v) is 13.9. The lowest BCUT2D eigenvalue weighted by atomic mass is 10.0. The highest BCUT2D eigenvalue weighted by atomic mass is 16.4. The van der Waals surface area contributed by atoms with E-state index < -0.39 is 5.91 Å². The Morgan fingerprint density at radius 3 is 2.46 bits per heavy atom. The molecule has 1 fully saturated rings. The van der Waals surface area contributed by atoms with Gasteiger partial charge in [-0.25, -0.2) is 0 Å². The number of nitrogens with one attached hydrogen (secondary N) is 2. The first-order valence-electron chi connectivity index (χ1n) is 8.43. The van der Waals surface area contributed by atoms with Gasteiger partial charge in [-0.15, -0.1) is 0 Å². The molecule has 6 heteroatoms. The van der Waals surface area contributed by atoms with Crippen LogP contribution in [0.5, 0.6) is 0 Å². The first-order valence-corrected chi connectivity index (χ1v) is 8.43. The molecule has 0 aliphatic heterocycles. The lowest BCUT2D eigenvalue weighted by Crippen LogP contribution is -2.15. The summed E-state index contributed by atoms with van der Waals surface area (Å²) in [6.45, 7) is 0. The zero-order valence-electron chi connectivity index (χ0n) is 13.9. The molecule has 0 saturated heterocycles. The molecule has 0 bridgehead atoms. The van der Waals surface area contributed by atoms with E-state index in [-0.39, 0.29) is 23.5 Å². The first kappa shape index (κ1) is 16.1. The van der Waals surface area contributed by atoms with Gasteiger partial charge in [-0.05, 0) is 24.5 Å². The maximum Gasteiger partial charge on any atom is 0.302 e. The summed E-state index contributed by atoms with van der Waals surface area (Å²) in [7, 11) is 0. The number of benzene rings is 2. The van der Waals surface area contributed by atoms with E-state index in [0.717, 1.165) is 24.0 Å². The molecule has 4 rings (SSSR count). The zero-order chi connectivity index (χ0) is 17.9. The van der Waals surface area contributed by atoms with Crippen molar-refractivity contribution in [2.45, 2.75) is 12.8 Å². The van der Waals surface area contributed by atoms with Crippen molar-refractivity contribution in [1.82, 2.24) is 4.98 Å². The Morgan fingerprint density at radius 1 is 0.962 bits per heavy atom. The Bertz CT molecular complexity index is 946. The van der Waals surface area contributed by atoms with Crippen molar-refractivity contribution >= 4 is 23.5 Å². The Kier molecular flexibility index (Phi) is 4.23. The molecule has 2 N–H and O–H groups in total. The topological polar surface area (TPSA) is 84.2 Å². The van der Waals surface area contributed by atoms with Gasteiger partial charge in [0.05, 0.1) is 0 Å². The Labute approximate surface area is 150 Å². The predicted molar refractivity (Wildman–Crippen MR) is 97.7 cm³/mol. The van der Waals surface area contributed by atoms with Crippen LogP contribution >= 0.6 is 0 Å². The van der Waals surface area contributed by atoms with Crippen LogP contribution in [0.15, 0.2) is 65.3 Å². The molecular formula is C20H17N3O3. The van der Waals surface area contributed by atoms with Gasteiger partial charge in [-0.3, -0.25) is 14.9 Å². The molecule has 1 aliphatic carbocycles. The molecule has 2 aromatic carbocycles. The molecule has 1 aliphatic rings. The van der Waals surface area contributed by atoms with Crippen LogP contribution in [0.25, 0.3) is 11.1 Å². The molecule has 1 saturated carbocycles. The standard InChI is InChI=1S/C20H17N3O3/c24-18(14-10-11-14)23-20-22-17(12-26-20)19(25)21-16-9-5-4-8-15(16)13-6-2-1-3-7-13/h1-9,12,14H,10-11H2,(H,21,25)(H,22,23,24). The maximum absolute atomic E-state index is 12.5. The molecule has 3 aromatic rings. The fraction of sp³-hybridized carbons (Fsp3) is 0.150. The van der Waals surface area contributed by atoms with Crippen LogP contribution < -0.4 is 10.6 Å². The number of nitrogens with zero attached hydrogens (tertiary/aromatic N) is 1. The van der Waals surface area contributed by atoms with Crippen molar-refractivity contribution < 1.29 is 14.0 Å². The number of aromatic nitrogens is 1. The SMILES string of the molecule is O=C(Nc1ccccc1-c1ccccc1)c1coc(NC(=O)C2CC2)n1. The molecule has 130 valence electrons.